The van der Waals surface area contributed by atoms with Crippen molar-refractivity contribution in [2.75, 3.05) is 27.2 Å². The van der Waals surface area contributed by atoms with Crippen molar-refractivity contribution in [2.24, 2.45) is 0 Å². The summed E-state index contributed by atoms with van der Waals surface area (Å²) in [5.41, 5.74) is 3.66. The Labute approximate surface area is 184 Å². The van der Waals surface area contributed by atoms with E-state index >= 15 is 0 Å². The van der Waals surface area contributed by atoms with Gasteiger partial charge in [-0.2, -0.15) is 0 Å². The zero-order valence-corrected chi connectivity index (χ0v) is 18.2. The second-order valence-corrected chi connectivity index (χ2v) is 8.08. The molecule has 0 bridgehead atoms. The summed E-state index contributed by atoms with van der Waals surface area (Å²) in [6.45, 7) is 2.28. The number of benzene rings is 2. The quantitative estimate of drug-likeness (QED) is 0.660. The SMILES string of the molecule is CNC(=O)[C@@]1(c2ccccn2)CCCN(Cc2cc(-c3ccccc3)ccc2OC)C1. The van der Waals surface area contributed by atoms with Crippen LogP contribution in [0.1, 0.15) is 24.1 Å². The average Bonchev–Trinajstić information content (AvgIpc) is 2.84. The number of pyridine rings is 1. The molecule has 1 aromatic heterocycles. The van der Waals surface area contributed by atoms with E-state index in [-0.39, 0.29) is 5.91 Å². The molecule has 5 heteroatoms. The fraction of sp³-hybridized carbons (Fsp3) is 0.308. The van der Waals surface area contributed by atoms with Gasteiger partial charge in [0.25, 0.3) is 0 Å². The number of carbonyl (C=O) groups excluding carboxylic acids is 1. The number of nitrogens with zero attached hydrogens (tertiary/aromatic N) is 2. The predicted octanol–water partition coefficient (Wildman–Crippen LogP) is 4.04. The Morgan fingerprint density at radius 1 is 1.10 bits per heavy atom. The molecule has 1 N–H and O–H groups in total. The maximum atomic E-state index is 13.0. The summed E-state index contributed by atoms with van der Waals surface area (Å²) >= 11 is 0. The fourth-order valence-electron chi connectivity index (χ4n) is 4.63. The summed E-state index contributed by atoms with van der Waals surface area (Å²) in [6, 6.07) is 22.5. The van der Waals surface area contributed by atoms with Gasteiger partial charge in [-0.3, -0.25) is 14.7 Å². The summed E-state index contributed by atoms with van der Waals surface area (Å²) in [7, 11) is 3.41. The second-order valence-electron chi connectivity index (χ2n) is 8.08. The number of methoxy groups -OCH3 is 1. The van der Waals surface area contributed by atoms with Gasteiger partial charge in [0.1, 0.15) is 11.2 Å². The Morgan fingerprint density at radius 2 is 1.90 bits per heavy atom. The highest BCUT2D eigenvalue weighted by atomic mass is 16.5. The molecule has 1 saturated heterocycles. The molecule has 1 amide bonds. The van der Waals surface area contributed by atoms with Crippen molar-refractivity contribution < 1.29 is 9.53 Å². The molecule has 0 unspecified atom stereocenters. The molecule has 4 rings (SSSR count). The Morgan fingerprint density at radius 3 is 2.61 bits per heavy atom. The lowest BCUT2D eigenvalue weighted by Crippen LogP contribution is -2.54. The van der Waals surface area contributed by atoms with E-state index in [0.717, 1.165) is 48.5 Å². The highest BCUT2D eigenvalue weighted by Crippen LogP contribution is 2.35. The summed E-state index contributed by atoms with van der Waals surface area (Å²) in [4.78, 5) is 20.0. The molecular formula is C26H29N3O2. The van der Waals surface area contributed by atoms with Gasteiger partial charge in [0.2, 0.25) is 5.91 Å². The number of carbonyl (C=O) groups is 1. The van der Waals surface area contributed by atoms with Crippen LogP contribution < -0.4 is 10.1 Å². The monoisotopic (exact) mass is 415 g/mol. The number of piperidine rings is 1. The van der Waals surface area contributed by atoms with E-state index in [1.54, 1.807) is 20.4 Å². The first-order valence-electron chi connectivity index (χ1n) is 10.7. The van der Waals surface area contributed by atoms with Crippen molar-refractivity contribution in [3.63, 3.8) is 0 Å². The van der Waals surface area contributed by atoms with E-state index in [4.69, 9.17) is 4.74 Å². The molecule has 0 spiro atoms. The van der Waals surface area contributed by atoms with Crippen LogP contribution >= 0.6 is 0 Å². The number of amides is 1. The molecule has 0 saturated carbocycles. The number of aromatic nitrogens is 1. The minimum absolute atomic E-state index is 0.0286. The average molecular weight is 416 g/mol. The maximum Gasteiger partial charge on any atom is 0.233 e. The summed E-state index contributed by atoms with van der Waals surface area (Å²) in [5.74, 6) is 0.898. The molecule has 1 aliphatic heterocycles. The maximum absolute atomic E-state index is 13.0. The number of rotatable bonds is 6. The second kappa shape index (κ2) is 9.31. The summed E-state index contributed by atoms with van der Waals surface area (Å²) in [5, 5.41) is 2.88. The Balaban J connectivity index is 1.64. The van der Waals surface area contributed by atoms with Crippen molar-refractivity contribution in [3.8, 4) is 16.9 Å². The molecule has 5 nitrogen and oxygen atoms in total. The van der Waals surface area contributed by atoms with Gasteiger partial charge in [-0.25, -0.2) is 0 Å². The number of hydrogen-bond donors (Lipinski definition) is 1. The van der Waals surface area contributed by atoms with E-state index in [1.807, 2.05) is 30.3 Å². The Bertz CT molecular complexity index is 1020. The van der Waals surface area contributed by atoms with Gasteiger partial charge in [0.05, 0.1) is 12.8 Å². The molecule has 1 atom stereocenters. The van der Waals surface area contributed by atoms with Crippen LogP contribution in [0.25, 0.3) is 11.1 Å². The van der Waals surface area contributed by atoms with E-state index in [2.05, 4.69) is 51.6 Å². The number of likely N-dealkylation sites (tertiary alicyclic amines) is 1. The molecule has 0 radical (unpaired) electrons. The molecule has 1 aliphatic rings. The van der Waals surface area contributed by atoms with Crippen molar-refractivity contribution in [1.82, 2.24) is 15.2 Å². The predicted molar refractivity (Wildman–Crippen MR) is 123 cm³/mol. The van der Waals surface area contributed by atoms with Crippen LogP contribution in [-0.2, 0) is 16.8 Å². The van der Waals surface area contributed by atoms with Gasteiger partial charge in [0, 0.05) is 31.9 Å². The van der Waals surface area contributed by atoms with Crippen molar-refractivity contribution >= 4 is 5.91 Å². The topological polar surface area (TPSA) is 54.5 Å². The molecule has 1 fully saturated rings. The van der Waals surface area contributed by atoms with Crippen LogP contribution in [0, 0.1) is 0 Å². The first-order chi connectivity index (χ1) is 15.2. The zero-order chi connectivity index (χ0) is 21.7. The number of nitrogens with one attached hydrogen (secondary N) is 1. The van der Waals surface area contributed by atoms with Gasteiger partial charge < -0.3 is 10.1 Å². The van der Waals surface area contributed by atoms with Crippen LogP contribution in [0.5, 0.6) is 5.75 Å². The first-order valence-corrected chi connectivity index (χ1v) is 10.7. The van der Waals surface area contributed by atoms with E-state index in [1.165, 1.54) is 5.56 Å². The number of likely N-dealkylation sites (N-methyl/N-ethyl adjacent to an activating group) is 1. The highest BCUT2D eigenvalue weighted by molar-refractivity contribution is 5.88. The normalized spacial score (nSPS) is 19.0. The first kappa shape index (κ1) is 21.1. The largest absolute Gasteiger partial charge is 0.496 e. The lowest BCUT2D eigenvalue weighted by atomic mass is 9.75. The van der Waals surface area contributed by atoms with Crippen LogP contribution in [-0.4, -0.2) is 43.0 Å². The molecule has 3 aromatic rings. The van der Waals surface area contributed by atoms with Crippen molar-refractivity contribution in [1.29, 1.82) is 0 Å². The third kappa shape index (κ3) is 4.32. The van der Waals surface area contributed by atoms with E-state index < -0.39 is 5.41 Å². The standard InChI is InChI=1S/C26H29N3O2/c1-27-25(30)26(24-11-6-7-15-28-24)14-8-16-29(19-26)18-22-17-21(12-13-23(22)31-2)20-9-4-3-5-10-20/h3-7,9-13,15,17H,8,14,16,18-19H2,1-2H3,(H,27,30)/t26-/m0/s1. The molecule has 2 heterocycles. The van der Waals surface area contributed by atoms with Gasteiger partial charge in [-0.1, -0.05) is 42.5 Å². The van der Waals surface area contributed by atoms with Crippen LogP contribution in [0.15, 0.2) is 72.9 Å². The van der Waals surface area contributed by atoms with Crippen molar-refractivity contribution in [3.05, 3.63) is 84.2 Å². The minimum atomic E-state index is -0.640. The van der Waals surface area contributed by atoms with Crippen LogP contribution in [0.2, 0.25) is 0 Å². The van der Waals surface area contributed by atoms with Gasteiger partial charge in [-0.15, -0.1) is 0 Å². The summed E-state index contributed by atoms with van der Waals surface area (Å²) in [6.07, 6.45) is 3.50. The molecule has 160 valence electrons. The smallest absolute Gasteiger partial charge is 0.233 e. The fourth-order valence-corrected chi connectivity index (χ4v) is 4.63. The Kier molecular flexibility index (Phi) is 6.33. The van der Waals surface area contributed by atoms with Gasteiger partial charge in [0.15, 0.2) is 0 Å². The van der Waals surface area contributed by atoms with E-state index in [9.17, 15) is 4.79 Å². The molecular weight excluding hydrogens is 386 g/mol. The van der Waals surface area contributed by atoms with E-state index in [0.29, 0.717) is 6.54 Å². The minimum Gasteiger partial charge on any atom is -0.496 e. The lowest BCUT2D eigenvalue weighted by Gasteiger charge is -2.41. The third-order valence-electron chi connectivity index (χ3n) is 6.17. The summed E-state index contributed by atoms with van der Waals surface area (Å²) < 4.78 is 5.66. The third-order valence-corrected chi connectivity index (χ3v) is 6.17. The van der Waals surface area contributed by atoms with Crippen LogP contribution in [0.3, 0.4) is 0 Å². The molecule has 0 aliphatic carbocycles. The molecule has 31 heavy (non-hydrogen) atoms. The van der Waals surface area contributed by atoms with Crippen LogP contribution in [0.4, 0.5) is 0 Å². The lowest BCUT2D eigenvalue weighted by molar-refractivity contribution is -0.128. The zero-order valence-electron chi connectivity index (χ0n) is 18.2. The Hall–Kier alpha value is -3.18. The van der Waals surface area contributed by atoms with Gasteiger partial charge in [-0.05, 0) is 54.8 Å². The number of hydrogen-bond acceptors (Lipinski definition) is 4. The molecule has 2 aromatic carbocycles. The number of ether oxygens (including phenoxy) is 1. The van der Waals surface area contributed by atoms with Crippen molar-refractivity contribution in [2.45, 2.75) is 24.8 Å². The van der Waals surface area contributed by atoms with Gasteiger partial charge >= 0.3 is 0 Å². The highest BCUT2D eigenvalue weighted by Gasteiger charge is 2.44.